The summed E-state index contributed by atoms with van der Waals surface area (Å²) in [4.78, 5) is 49.9. The Morgan fingerprint density at radius 1 is 0.881 bits per heavy atom. The number of aliphatic hydroxyl groups is 1. The van der Waals surface area contributed by atoms with Crippen LogP contribution in [0.15, 0.2) is 89.0 Å². The second-order valence-electron chi connectivity index (χ2n) is 24.3. The van der Waals surface area contributed by atoms with Gasteiger partial charge in [-0.25, -0.2) is 9.97 Å². The number of aromatic hydroxyl groups is 1. The molecule has 442 valence electrons. The number of nitrogen functional groups attached to an aromatic ring is 1. The van der Waals surface area contributed by atoms with Crippen molar-refractivity contribution in [1.29, 1.82) is 5.26 Å². The normalized spacial score (nSPS) is 23.8. The van der Waals surface area contributed by atoms with Gasteiger partial charge in [-0.05, 0) is 99.1 Å². The van der Waals surface area contributed by atoms with Crippen molar-refractivity contribution >= 4 is 46.2 Å². The molecule has 84 heavy (non-hydrogen) atoms. The Hall–Kier alpha value is -7.38. The molecule has 0 spiro atoms. The van der Waals surface area contributed by atoms with Crippen LogP contribution in [0, 0.1) is 30.1 Å². The van der Waals surface area contributed by atoms with Crippen LogP contribution in [0.4, 0.5) is 23.0 Å². The van der Waals surface area contributed by atoms with Gasteiger partial charge in [-0.2, -0.15) is 5.26 Å². The molecular weight excluding hydrogens is 1080 g/mol. The van der Waals surface area contributed by atoms with Gasteiger partial charge < -0.3 is 59.8 Å². The number of rotatable bonds is 19. The number of aryl methyl sites for hydroxylation is 1. The van der Waals surface area contributed by atoms with Crippen LogP contribution in [0.1, 0.15) is 113 Å². The van der Waals surface area contributed by atoms with E-state index in [4.69, 9.17) is 19.7 Å². The van der Waals surface area contributed by atoms with Gasteiger partial charge in [0.1, 0.15) is 23.8 Å². The number of phenolic OH excluding ortho intramolecular Hbond substituents is 1. The molecule has 9 heterocycles. The summed E-state index contributed by atoms with van der Waals surface area (Å²) in [5.41, 5.74) is 14.3. The van der Waals surface area contributed by atoms with Crippen molar-refractivity contribution in [3.05, 3.63) is 102 Å². The van der Waals surface area contributed by atoms with Gasteiger partial charge in [-0.3, -0.25) is 9.59 Å². The van der Waals surface area contributed by atoms with Crippen molar-refractivity contribution in [1.82, 2.24) is 40.4 Å². The van der Waals surface area contributed by atoms with E-state index < -0.39 is 24.1 Å². The van der Waals surface area contributed by atoms with Crippen molar-refractivity contribution in [3.8, 4) is 39.4 Å². The number of nitriles is 1. The molecule has 5 saturated heterocycles. The number of ether oxygens (including phenoxy) is 2. The second-order valence-corrected chi connectivity index (χ2v) is 25.2. The number of anilines is 4. The summed E-state index contributed by atoms with van der Waals surface area (Å²) in [7, 11) is 0. The van der Waals surface area contributed by atoms with Gasteiger partial charge in [0.2, 0.25) is 17.7 Å². The van der Waals surface area contributed by atoms with E-state index in [1.54, 1.807) is 23.5 Å². The van der Waals surface area contributed by atoms with Gasteiger partial charge >= 0.3 is 0 Å². The Bertz CT molecular complexity index is 3280. The molecule has 2 bridgehead atoms. The van der Waals surface area contributed by atoms with E-state index in [0.717, 1.165) is 130 Å². The van der Waals surface area contributed by atoms with E-state index in [0.29, 0.717) is 59.0 Å². The summed E-state index contributed by atoms with van der Waals surface area (Å²) in [6.45, 7) is 12.3. The monoisotopic (exact) mass is 1160 g/mol. The lowest BCUT2D eigenvalue weighted by molar-refractivity contribution is -0.141. The van der Waals surface area contributed by atoms with E-state index in [2.05, 4.69) is 68.4 Å². The number of aromatic nitrogens is 5. The topological polar surface area (TPSA) is 249 Å². The summed E-state index contributed by atoms with van der Waals surface area (Å²) < 4.78 is 19.1. The maximum Gasteiger partial charge on any atom is 0.243 e. The Balaban J connectivity index is 0.572. The number of thiazole rings is 1. The van der Waals surface area contributed by atoms with Crippen molar-refractivity contribution < 1.29 is 33.8 Å². The molecule has 6 fully saturated rings. The average Bonchev–Trinajstić information content (AvgIpc) is 3.43. The quantitative estimate of drug-likeness (QED) is 0.0596. The number of hydrogen-bond acceptors (Lipinski definition) is 19. The van der Waals surface area contributed by atoms with E-state index >= 15 is 0 Å². The zero-order valence-corrected chi connectivity index (χ0v) is 49.0. The fourth-order valence-corrected chi connectivity index (χ4v) is 14.6. The zero-order chi connectivity index (χ0) is 58.0. The Kier molecular flexibility index (Phi) is 17.0. The van der Waals surface area contributed by atoms with Crippen LogP contribution in [0.25, 0.3) is 21.7 Å². The number of piperazine rings is 1. The number of amides is 2. The van der Waals surface area contributed by atoms with Gasteiger partial charge in [0, 0.05) is 120 Å². The highest BCUT2D eigenvalue weighted by molar-refractivity contribution is 7.13. The first-order valence-corrected chi connectivity index (χ1v) is 31.0. The molecule has 5 aliphatic heterocycles. The molecule has 2 amide bonds. The van der Waals surface area contributed by atoms with Crippen LogP contribution in [0.5, 0.6) is 11.6 Å². The van der Waals surface area contributed by atoms with Crippen molar-refractivity contribution in [2.75, 3.05) is 72.8 Å². The molecule has 20 nitrogen and oxygen atoms in total. The van der Waals surface area contributed by atoms with Crippen LogP contribution in [0.3, 0.4) is 0 Å². The number of carbonyl (C=O) groups is 2. The summed E-state index contributed by atoms with van der Waals surface area (Å²) in [6, 6.07) is 24.6. The molecule has 6 aliphatic rings. The maximum atomic E-state index is 14.5. The molecule has 0 radical (unpaired) electrons. The first-order chi connectivity index (χ1) is 40.8. The third-order valence-electron chi connectivity index (χ3n) is 18.3. The molecule has 2 unspecified atom stereocenters. The summed E-state index contributed by atoms with van der Waals surface area (Å²) in [5.74, 6) is 1.44. The van der Waals surface area contributed by atoms with Crippen molar-refractivity contribution in [3.63, 3.8) is 0 Å². The molecule has 5 N–H and O–H groups in total. The predicted octanol–water partition coefficient (Wildman–Crippen LogP) is 8.27. The van der Waals surface area contributed by atoms with Crippen LogP contribution < -0.4 is 30.5 Å². The molecule has 1 aliphatic carbocycles. The summed E-state index contributed by atoms with van der Waals surface area (Å²) >= 11 is 1.57. The largest absolute Gasteiger partial charge is 0.507 e. The highest BCUT2D eigenvalue weighted by atomic mass is 32.1. The summed E-state index contributed by atoms with van der Waals surface area (Å²) in [6.07, 6.45) is 10.3. The van der Waals surface area contributed by atoms with E-state index in [1.165, 1.54) is 4.90 Å². The Morgan fingerprint density at radius 2 is 1.64 bits per heavy atom. The van der Waals surface area contributed by atoms with Crippen molar-refractivity contribution in [2.24, 2.45) is 11.8 Å². The smallest absolute Gasteiger partial charge is 0.243 e. The predicted molar refractivity (Wildman–Crippen MR) is 320 cm³/mol. The van der Waals surface area contributed by atoms with Crippen LogP contribution in [-0.4, -0.2) is 152 Å². The first kappa shape index (κ1) is 57.1. The number of pyridine rings is 1. The number of aliphatic hydroxyl groups excluding tert-OH is 1. The second kappa shape index (κ2) is 25.1. The molecule has 1 saturated carbocycles. The van der Waals surface area contributed by atoms with Gasteiger partial charge in [0.05, 0.1) is 57.9 Å². The fraction of sp³-hybridized carbons (Fsp3) is 0.524. The number of nitrogens with zero attached hydrogens (tertiary/aromatic N) is 11. The minimum Gasteiger partial charge on any atom is -0.507 e. The number of piperidine rings is 2. The SMILES string of the molecule is Cc1ncsc1-c1ccc([C@H](CCC#N)NC(=O)[C@@H]2C[C@@H](O)CN2C(=O)[C@@H](c2cc(N3CCC(CN4CCC(OC5CC(Oc6cc(N7C8CCC7CN(c7cc(-c9ccccc9O)nnc7N)C8)ccn6)C5)CC4)CC3)no2)C(C)C)cc1. The minimum absolute atomic E-state index is 0.0373. The van der Waals surface area contributed by atoms with Gasteiger partial charge in [-0.1, -0.05) is 55.4 Å². The van der Waals surface area contributed by atoms with Gasteiger partial charge in [0.15, 0.2) is 17.4 Å². The third kappa shape index (κ3) is 12.4. The van der Waals surface area contributed by atoms with Crippen molar-refractivity contribution in [2.45, 2.75) is 146 Å². The molecular formula is C63H77N13O7S. The standard InChI is InChI=1S/C63H77N13O7S/c1-38(2)59(63(80)75-36-46(77)28-54(75)62(79)68-51(8-6-21-64)41-10-12-42(13-11-41)60-39(3)67-37-84-60)56-32-57(71-83-56)73-25-17-40(18-26-73)33-72-23-19-47(20-24-72)81-48-29-49(30-48)82-58-27-43(16-22-66-58)76-44-14-15-45(76)35-74(34-44)53-31-52(69-70-61(53)65)50-7-4-5-9-55(50)78/h4-5,7,9-13,16,22,27,31-32,37-38,40,44-49,51,54,59,77-78H,6,8,14-15,17-20,23-26,28-30,33-36H2,1-3H3,(H2,65,70)(H,68,79)/t44?,45?,46-,48?,49?,51+,54+,59-/m1/s1. The van der Waals surface area contributed by atoms with E-state index in [9.17, 15) is 25.1 Å². The van der Waals surface area contributed by atoms with E-state index in [1.807, 2.05) is 81.0 Å². The lowest BCUT2D eigenvalue weighted by Crippen LogP contribution is -2.54. The number of likely N-dealkylation sites (tertiary alicyclic amines) is 2. The number of hydrogen-bond donors (Lipinski definition) is 4. The third-order valence-corrected chi connectivity index (χ3v) is 19.3. The number of β-amino-alcohol motifs (C(OH)–C–C–N with tert-alkyl or cyclic N) is 1. The first-order valence-electron chi connectivity index (χ1n) is 30.2. The van der Waals surface area contributed by atoms with Gasteiger partial charge in [-0.15, -0.1) is 21.5 Å². The molecule has 12 rings (SSSR count). The molecule has 6 atom stereocenters. The number of para-hydroxylation sites is 1. The zero-order valence-electron chi connectivity index (χ0n) is 48.2. The lowest BCUT2D eigenvalue weighted by atomic mass is 9.91. The number of fused-ring (bicyclic) bond motifs is 2. The molecule has 6 aromatic rings. The van der Waals surface area contributed by atoms with Crippen LogP contribution >= 0.6 is 11.3 Å². The fourth-order valence-electron chi connectivity index (χ4n) is 13.8. The number of benzene rings is 2. The Labute approximate surface area is 494 Å². The number of phenols is 1. The number of nitrogens with two attached hydrogens (primary N) is 1. The molecule has 2 aromatic carbocycles. The number of nitrogens with one attached hydrogen (secondary N) is 1. The highest BCUT2D eigenvalue weighted by Crippen LogP contribution is 2.41. The highest BCUT2D eigenvalue weighted by Gasteiger charge is 2.45. The Morgan fingerprint density at radius 3 is 2.36 bits per heavy atom. The van der Waals surface area contributed by atoms with Crippen LogP contribution in [0.2, 0.25) is 0 Å². The summed E-state index contributed by atoms with van der Waals surface area (Å²) in [5, 5.41) is 47.1. The number of carbonyl (C=O) groups excluding carboxylic acids is 2. The van der Waals surface area contributed by atoms with Crippen LogP contribution in [-0.2, 0) is 14.3 Å². The van der Waals surface area contributed by atoms with E-state index in [-0.39, 0.29) is 61.2 Å². The average molecular weight is 1160 g/mol. The molecule has 21 heteroatoms. The van der Waals surface area contributed by atoms with Gasteiger partial charge in [0.25, 0.3) is 0 Å². The maximum absolute atomic E-state index is 14.5. The molecule has 4 aromatic heterocycles. The minimum atomic E-state index is -0.882. The lowest BCUT2D eigenvalue weighted by Gasteiger charge is -2.43.